The lowest BCUT2D eigenvalue weighted by Crippen LogP contribution is -1.75. The Balaban J connectivity index is 3.04. The van der Waals surface area contributed by atoms with Crippen LogP contribution in [0.15, 0.2) is 33.4 Å². The molecule has 0 aliphatic heterocycles. The second-order valence-electron chi connectivity index (χ2n) is 2.83. The third-order valence-corrected chi connectivity index (χ3v) is 2.21. The zero-order valence-corrected chi connectivity index (χ0v) is 8.50. The van der Waals surface area contributed by atoms with Gasteiger partial charge in [0.15, 0.2) is 0 Å². The van der Waals surface area contributed by atoms with Crippen LogP contribution >= 0.6 is 11.8 Å². The van der Waals surface area contributed by atoms with Crippen molar-refractivity contribution in [3.63, 3.8) is 0 Å². The summed E-state index contributed by atoms with van der Waals surface area (Å²) in [6.45, 7) is 11.1. The summed E-state index contributed by atoms with van der Waals surface area (Å²) in [5, 5.41) is 0. The van der Waals surface area contributed by atoms with E-state index < -0.39 is 6.01 Å². The van der Waals surface area contributed by atoms with E-state index >= 15 is 0 Å². The molecular weight excluding hydrogens is 187 g/mol. The minimum atomic E-state index is -0.582. The quantitative estimate of drug-likeness (QED) is 0.679. The van der Waals surface area contributed by atoms with E-state index in [1.165, 1.54) is 17.8 Å². The van der Waals surface area contributed by atoms with Crippen LogP contribution in [0.2, 0.25) is 0 Å². The predicted octanol–water partition coefficient (Wildman–Crippen LogP) is 4.08. The molecule has 0 spiro atoms. The van der Waals surface area contributed by atoms with Gasteiger partial charge in [0.25, 0.3) is 6.01 Å². The number of furan rings is 1. The van der Waals surface area contributed by atoms with Gasteiger partial charge in [-0.05, 0) is 24.3 Å². The molecule has 1 aromatic heterocycles. The second-order valence-corrected chi connectivity index (χ2v) is 4.17. The first-order valence-electron chi connectivity index (χ1n) is 3.79. The van der Waals surface area contributed by atoms with Gasteiger partial charge < -0.3 is 4.42 Å². The van der Waals surface area contributed by atoms with E-state index in [2.05, 4.69) is 13.2 Å². The zero-order chi connectivity index (χ0) is 10.0. The van der Waals surface area contributed by atoms with Gasteiger partial charge in [-0.3, -0.25) is 0 Å². The van der Waals surface area contributed by atoms with Crippen LogP contribution in [0.3, 0.4) is 0 Å². The van der Waals surface area contributed by atoms with Crippen LogP contribution in [-0.4, -0.2) is 0 Å². The van der Waals surface area contributed by atoms with Gasteiger partial charge in [-0.25, -0.2) is 0 Å². The normalized spacial score (nSPS) is 10.1. The highest BCUT2D eigenvalue weighted by atomic mass is 32.2. The minimum absolute atomic E-state index is 0.505. The molecule has 0 radical (unpaired) electrons. The SMILES string of the molecule is C=C(C)Sc1cc(F)oc1C(=C)C. The van der Waals surface area contributed by atoms with E-state index in [0.717, 1.165) is 9.80 Å². The van der Waals surface area contributed by atoms with Crippen LogP contribution in [0.5, 0.6) is 0 Å². The Morgan fingerprint density at radius 3 is 2.54 bits per heavy atom. The third kappa shape index (κ3) is 2.49. The summed E-state index contributed by atoms with van der Waals surface area (Å²) < 4.78 is 17.6. The smallest absolute Gasteiger partial charge is 0.279 e. The van der Waals surface area contributed by atoms with E-state index in [4.69, 9.17) is 4.42 Å². The second kappa shape index (κ2) is 3.83. The average molecular weight is 198 g/mol. The summed E-state index contributed by atoms with van der Waals surface area (Å²) in [7, 11) is 0. The molecule has 0 aliphatic rings. The van der Waals surface area contributed by atoms with E-state index in [0.29, 0.717) is 11.3 Å². The van der Waals surface area contributed by atoms with Gasteiger partial charge in [0.2, 0.25) is 0 Å². The molecule has 70 valence electrons. The molecule has 0 fully saturated rings. The van der Waals surface area contributed by atoms with E-state index in [1.54, 1.807) is 6.92 Å². The molecule has 0 unspecified atom stereocenters. The lowest BCUT2D eigenvalue weighted by molar-refractivity contribution is 0.352. The van der Waals surface area contributed by atoms with Crippen molar-refractivity contribution < 1.29 is 8.81 Å². The van der Waals surface area contributed by atoms with Crippen LogP contribution in [0, 0.1) is 6.01 Å². The lowest BCUT2D eigenvalue weighted by Gasteiger charge is -1.99. The van der Waals surface area contributed by atoms with Gasteiger partial charge in [0, 0.05) is 6.07 Å². The highest BCUT2D eigenvalue weighted by molar-refractivity contribution is 8.03. The van der Waals surface area contributed by atoms with Crippen molar-refractivity contribution in [3.8, 4) is 0 Å². The number of halogens is 1. The van der Waals surface area contributed by atoms with E-state index in [1.807, 2.05) is 6.92 Å². The fourth-order valence-corrected chi connectivity index (χ4v) is 1.74. The first-order valence-corrected chi connectivity index (χ1v) is 4.61. The Kier molecular flexibility index (Phi) is 2.98. The van der Waals surface area contributed by atoms with E-state index in [-0.39, 0.29) is 0 Å². The highest BCUT2D eigenvalue weighted by Gasteiger charge is 2.11. The Labute approximate surface area is 81.3 Å². The maximum absolute atomic E-state index is 12.7. The number of hydrogen-bond acceptors (Lipinski definition) is 2. The molecule has 1 rings (SSSR count). The lowest BCUT2D eigenvalue weighted by atomic mass is 10.3. The number of thioether (sulfide) groups is 1. The summed E-state index contributed by atoms with van der Waals surface area (Å²) in [5.74, 6) is 0.505. The maximum Gasteiger partial charge on any atom is 0.279 e. The number of hydrogen-bond donors (Lipinski definition) is 0. The summed E-state index contributed by atoms with van der Waals surface area (Å²) in [4.78, 5) is 1.63. The Bertz CT molecular complexity index is 352. The molecule has 1 nitrogen and oxygen atoms in total. The van der Waals surface area contributed by atoms with Gasteiger partial charge >= 0.3 is 0 Å². The van der Waals surface area contributed by atoms with Crippen molar-refractivity contribution in [2.75, 3.05) is 0 Å². The fourth-order valence-electron chi connectivity index (χ4n) is 0.907. The summed E-state index contributed by atoms with van der Waals surface area (Å²) in [6, 6.07) is 0.769. The molecule has 0 saturated heterocycles. The largest absolute Gasteiger partial charge is 0.430 e. The molecular formula is C10H11FOS. The molecule has 0 N–H and O–H groups in total. The molecule has 0 amide bonds. The van der Waals surface area contributed by atoms with Gasteiger partial charge in [-0.1, -0.05) is 24.9 Å². The monoisotopic (exact) mass is 198 g/mol. The van der Waals surface area contributed by atoms with Gasteiger partial charge in [0.1, 0.15) is 5.76 Å². The summed E-state index contributed by atoms with van der Waals surface area (Å²) >= 11 is 1.39. The molecule has 0 saturated carbocycles. The molecule has 0 aromatic carbocycles. The van der Waals surface area contributed by atoms with Crippen molar-refractivity contribution in [2.45, 2.75) is 18.7 Å². The van der Waals surface area contributed by atoms with Crippen LogP contribution in [-0.2, 0) is 0 Å². The summed E-state index contributed by atoms with van der Waals surface area (Å²) in [5.41, 5.74) is 0.715. The molecule has 0 atom stereocenters. The molecule has 13 heavy (non-hydrogen) atoms. The maximum atomic E-state index is 12.7. The van der Waals surface area contributed by atoms with Crippen LogP contribution in [0.25, 0.3) is 5.57 Å². The number of allylic oxidation sites excluding steroid dienone is 2. The van der Waals surface area contributed by atoms with Gasteiger partial charge in [0.05, 0.1) is 4.90 Å². The molecule has 1 heterocycles. The standard InChI is InChI=1S/C10H11FOS/c1-6(2)10-8(13-7(3)4)5-9(11)12-10/h5H,1,3H2,2,4H3. The van der Waals surface area contributed by atoms with Crippen LogP contribution < -0.4 is 0 Å². The van der Waals surface area contributed by atoms with Crippen molar-refractivity contribution in [3.05, 3.63) is 35.9 Å². The highest BCUT2D eigenvalue weighted by Crippen LogP contribution is 2.33. The van der Waals surface area contributed by atoms with Crippen molar-refractivity contribution in [2.24, 2.45) is 0 Å². The van der Waals surface area contributed by atoms with E-state index in [9.17, 15) is 4.39 Å². The van der Waals surface area contributed by atoms with Gasteiger partial charge in [-0.15, -0.1) is 0 Å². The summed E-state index contributed by atoms with van der Waals surface area (Å²) in [6.07, 6.45) is 0. The number of rotatable bonds is 3. The van der Waals surface area contributed by atoms with Gasteiger partial charge in [-0.2, -0.15) is 4.39 Å². The Morgan fingerprint density at radius 2 is 2.08 bits per heavy atom. The molecule has 3 heteroatoms. The van der Waals surface area contributed by atoms with Crippen LogP contribution in [0.1, 0.15) is 19.6 Å². The minimum Gasteiger partial charge on any atom is -0.430 e. The molecule has 1 aromatic rings. The zero-order valence-electron chi connectivity index (χ0n) is 7.69. The predicted molar refractivity (Wildman–Crippen MR) is 54.0 cm³/mol. The fraction of sp³-hybridized carbons (Fsp3) is 0.200. The average Bonchev–Trinajstić information content (AvgIpc) is 2.29. The Hall–Kier alpha value is -0.960. The topological polar surface area (TPSA) is 13.1 Å². The third-order valence-electron chi connectivity index (χ3n) is 1.34. The van der Waals surface area contributed by atoms with Crippen molar-refractivity contribution >= 4 is 17.3 Å². The molecule has 0 bridgehead atoms. The first-order chi connectivity index (χ1) is 6.00. The first kappa shape index (κ1) is 10.1. The van der Waals surface area contributed by atoms with Crippen LogP contribution in [0.4, 0.5) is 4.39 Å². The van der Waals surface area contributed by atoms with Crippen molar-refractivity contribution in [1.82, 2.24) is 0 Å². The Morgan fingerprint density at radius 1 is 1.46 bits per heavy atom. The van der Waals surface area contributed by atoms with Crippen molar-refractivity contribution in [1.29, 1.82) is 0 Å². The molecule has 0 aliphatic carbocycles.